The Morgan fingerprint density at radius 2 is 1.62 bits per heavy atom. The van der Waals surface area contributed by atoms with Crippen molar-refractivity contribution in [3.63, 3.8) is 0 Å². The quantitative estimate of drug-likeness (QED) is 0.502. The molecule has 0 radical (unpaired) electrons. The average molecular weight is 400 g/mol. The molecule has 0 bridgehead atoms. The second-order valence-electron chi connectivity index (χ2n) is 6.89. The van der Waals surface area contributed by atoms with Crippen LogP contribution in [-0.4, -0.2) is 13.1 Å². The summed E-state index contributed by atoms with van der Waals surface area (Å²) in [5.74, 6) is -0.267. The number of hydrogen-bond acceptors (Lipinski definition) is 1. The van der Waals surface area contributed by atoms with Gasteiger partial charge in [-0.1, -0.05) is 65.9 Å². The van der Waals surface area contributed by atoms with Gasteiger partial charge < -0.3 is 0 Å². The van der Waals surface area contributed by atoms with Gasteiger partial charge >= 0.3 is 0 Å². The van der Waals surface area contributed by atoms with Gasteiger partial charge in [-0.3, -0.25) is 4.98 Å². The highest BCUT2D eigenvalue weighted by atomic mass is 79.9. The Balaban J connectivity index is 2.21. The third-order valence-corrected chi connectivity index (χ3v) is 6.43. The number of benzene rings is 2. The van der Waals surface area contributed by atoms with Gasteiger partial charge in [0.25, 0.3) is 0 Å². The number of nitrogens with zero attached hydrogens (tertiary/aromatic N) is 1. The number of hydrogen-bond donors (Lipinski definition) is 0. The summed E-state index contributed by atoms with van der Waals surface area (Å²) < 4.78 is 14.5. The Kier molecular flexibility index (Phi) is 4.70. The second kappa shape index (κ2) is 6.61. The van der Waals surface area contributed by atoms with Gasteiger partial charge in [-0.15, -0.1) is 0 Å². The first-order chi connectivity index (χ1) is 11.3. The maximum atomic E-state index is 13.8. The Morgan fingerprint density at radius 3 is 2.25 bits per heavy atom. The first kappa shape index (κ1) is 17.1. The van der Waals surface area contributed by atoms with Crippen LogP contribution < -0.4 is 5.19 Å². The molecule has 0 aliphatic carbocycles. The molecular weight excluding hydrogens is 381 g/mol. The van der Waals surface area contributed by atoms with E-state index in [-0.39, 0.29) is 5.82 Å². The lowest BCUT2D eigenvalue weighted by atomic mass is 10.0. The SMILES string of the molecule is C[Si](C)(C)c1cnc(-c2cc(F)cc(Br)c2)cc1-c1ccccc1. The van der Waals surface area contributed by atoms with E-state index in [1.54, 1.807) is 0 Å². The molecule has 2 aromatic carbocycles. The van der Waals surface area contributed by atoms with Gasteiger partial charge in [-0.2, -0.15) is 0 Å². The monoisotopic (exact) mass is 399 g/mol. The molecule has 4 heteroatoms. The van der Waals surface area contributed by atoms with Crippen molar-refractivity contribution in [2.24, 2.45) is 0 Å². The molecule has 1 nitrogen and oxygen atoms in total. The van der Waals surface area contributed by atoms with Crippen LogP contribution in [0.1, 0.15) is 0 Å². The van der Waals surface area contributed by atoms with Crippen LogP contribution >= 0.6 is 15.9 Å². The third-order valence-electron chi connectivity index (χ3n) is 3.96. The Labute approximate surface area is 151 Å². The third kappa shape index (κ3) is 3.65. The molecule has 0 N–H and O–H groups in total. The smallest absolute Gasteiger partial charge is 0.125 e. The van der Waals surface area contributed by atoms with Crippen LogP contribution in [0.2, 0.25) is 19.6 Å². The zero-order chi connectivity index (χ0) is 17.3. The van der Waals surface area contributed by atoms with Crippen LogP contribution in [0, 0.1) is 5.82 Å². The number of halogens is 2. The molecule has 0 saturated heterocycles. The minimum absolute atomic E-state index is 0.267. The predicted octanol–water partition coefficient (Wildman–Crippen LogP) is 5.86. The minimum atomic E-state index is -1.55. The Hall–Kier alpha value is -1.78. The molecule has 24 heavy (non-hydrogen) atoms. The van der Waals surface area contributed by atoms with Crippen molar-refractivity contribution < 1.29 is 4.39 Å². The van der Waals surface area contributed by atoms with Crippen LogP contribution in [0.25, 0.3) is 22.4 Å². The Morgan fingerprint density at radius 1 is 0.917 bits per heavy atom. The molecule has 3 rings (SSSR count). The summed E-state index contributed by atoms with van der Waals surface area (Å²) in [5.41, 5.74) is 3.94. The van der Waals surface area contributed by atoms with Crippen LogP contribution in [0.3, 0.4) is 0 Å². The normalized spacial score (nSPS) is 11.5. The molecule has 1 aromatic heterocycles. The zero-order valence-corrected chi connectivity index (χ0v) is 16.6. The number of aromatic nitrogens is 1. The van der Waals surface area contributed by atoms with Crippen molar-refractivity contribution in [3.8, 4) is 22.4 Å². The van der Waals surface area contributed by atoms with E-state index in [2.05, 4.69) is 58.8 Å². The van der Waals surface area contributed by atoms with E-state index in [9.17, 15) is 4.39 Å². The Bertz CT molecular complexity index is 852. The molecule has 0 saturated carbocycles. The predicted molar refractivity (Wildman–Crippen MR) is 106 cm³/mol. The highest BCUT2D eigenvalue weighted by molar-refractivity contribution is 9.10. The molecule has 3 aromatic rings. The molecule has 0 spiro atoms. The highest BCUT2D eigenvalue weighted by Crippen LogP contribution is 2.27. The molecular formula is C20H19BrFNSi. The lowest BCUT2D eigenvalue weighted by molar-refractivity contribution is 0.627. The summed E-state index contributed by atoms with van der Waals surface area (Å²) in [6.07, 6.45) is 1.97. The van der Waals surface area contributed by atoms with Gasteiger partial charge in [0.15, 0.2) is 0 Å². The fourth-order valence-electron chi connectivity index (χ4n) is 2.77. The van der Waals surface area contributed by atoms with E-state index < -0.39 is 8.07 Å². The van der Waals surface area contributed by atoms with E-state index in [1.165, 1.54) is 28.4 Å². The van der Waals surface area contributed by atoms with Crippen molar-refractivity contribution in [3.05, 3.63) is 71.1 Å². The van der Waals surface area contributed by atoms with Crippen LogP contribution in [0.15, 0.2) is 65.3 Å². The summed E-state index contributed by atoms with van der Waals surface area (Å²) >= 11 is 3.36. The standard InChI is InChI=1S/C20H19BrFNSi/c1-24(2,3)20-13-23-19(15-9-16(21)11-17(22)10-15)12-18(20)14-7-5-4-6-8-14/h4-13H,1-3H3. The summed E-state index contributed by atoms with van der Waals surface area (Å²) in [6, 6.07) is 17.3. The topological polar surface area (TPSA) is 12.9 Å². The first-order valence-corrected chi connectivity index (χ1v) is 12.2. The van der Waals surface area contributed by atoms with Crippen molar-refractivity contribution in [2.45, 2.75) is 19.6 Å². The maximum Gasteiger partial charge on any atom is 0.125 e. The average Bonchev–Trinajstić information content (AvgIpc) is 2.53. The van der Waals surface area contributed by atoms with E-state index in [0.29, 0.717) is 0 Å². The van der Waals surface area contributed by atoms with Crippen molar-refractivity contribution >= 4 is 29.2 Å². The van der Waals surface area contributed by atoms with Crippen molar-refractivity contribution in [1.82, 2.24) is 4.98 Å². The van der Waals surface area contributed by atoms with E-state index in [4.69, 9.17) is 0 Å². The van der Waals surface area contributed by atoms with Gasteiger partial charge in [0.2, 0.25) is 0 Å². The summed E-state index contributed by atoms with van der Waals surface area (Å²) in [7, 11) is -1.55. The van der Waals surface area contributed by atoms with E-state index in [0.717, 1.165) is 15.7 Å². The fraction of sp³-hybridized carbons (Fsp3) is 0.150. The fourth-order valence-corrected chi connectivity index (χ4v) is 4.71. The highest BCUT2D eigenvalue weighted by Gasteiger charge is 2.22. The largest absolute Gasteiger partial charge is 0.256 e. The molecule has 1 heterocycles. The van der Waals surface area contributed by atoms with Crippen LogP contribution in [0.4, 0.5) is 4.39 Å². The molecule has 0 atom stereocenters. The summed E-state index contributed by atoms with van der Waals surface area (Å²) in [5, 5.41) is 1.31. The molecule has 0 aliphatic heterocycles. The minimum Gasteiger partial charge on any atom is -0.256 e. The number of pyridine rings is 1. The molecule has 0 aliphatic rings. The van der Waals surface area contributed by atoms with Crippen LogP contribution in [0.5, 0.6) is 0 Å². The molecule has 0 fully saturated rings. The van der Waals surface area contributed by atoms with Gasteiger partial charge in [-0.05, 0) is 40.6 Å². The number of rotatable bonds is 3. The van der Waals surface area contributed by atoms with Gasteiger partial charge in [0.1, 0.15) is 5.82 Å². The molecule has 0 amide bonds. The summed E-state index contributed by atoms with van der Waals surface area (Å²) in [4.78, 5) is 4.63. The zero-order valence-electron chi connectivity index (χ0n) is 14.0. The first-order valence-electron chi connectivity index (χ1n) is 7.87. The maximum absolute atomic E-state index is 13.8. The van der Waals surface area contributed by atoms with Crippen LogP contribution in [-0.2, 0) is 0 Å². The van der Waals surface area contributed by atoms with E-state index >= 15 is 0 Å². The van der Waals surface area contributed by atoms with Gasteiger partial charge in [-0.25, -0.2) is 4.39 Å². The van der Waals surface area contributed by atoms with Crippen molar-refractivity contribution in [2.75, 3.05) is 0 Å². The lowest BCUT2D eigenvalue weighted by Crippen LogP contribution is -2.39. The lowest BCUT2D eigenvalue weighted by Gasteiger charge is -2.21. The van der Waals surface area contributed by atoms with E-state index in [1.807, 2.05) is 30.5 Å². The van der Waals surface area contributed by atoms with Gasteiger partial charge in [0.05, 0.1) is 13.8 Å². The summed E-state index contributed by atoms with van der Waals surface area (Å²) in [6.45, 7) is 6.94. The second-order valence-corrected chi connectivity index (χ2v) is 12.8. The van der Waals surface area contributed by atoms with Gasteiger partial charge in [0, 0.05) is 16.2 Å². The molecule has 0 unspecified atom stereocenters. The molecule has 122 valence electrons. The van der Waals surface area contributed by atoms with Crippen molar-refractivity contribution in [1.29, 1.82) is 0 Å².